The van der Waals surface area contributed by atoms with Gasteiger partial charge in [-0.3, -0.25) is 0 Å². The van der Waals surface area contributed by atoms with Gasteiger partial charge in [-0.05, 0) is 61.1 Å². The summed E-state index contributed by atoms with van der Waals surface area (Å²) in [6.07, 6.45) is 0. The van der Waals surface area contributed by atoms with Crippen molar-refractivity contribution in [2.45, 2.75) is 6.92 Å². The zero-order valence-electron chi connectivity index (χ0n) is 10.5. The maximum absolute atomic E-state index is 13.0. The molecule has 0 saturated heterocycles. The van der Waals surface area contributed by atoms with E-state index in [9.17, 15) is 4.39 Å². The third-order valence-electron chi connectivity index (χ3n) is 2.62. The van der Waals surface area contributed by atoms with Crippen molar-refractivity contribution in [1.82, 2.24) is 0 Å². The first-order valence-electron chi connectivity index (χ1n) is 5.75. The van der Waals surface area contributed by atoms with E-state index in [4.69, 9.17) is 23.8 Å². The fraction of sp³-hybridized carbons (Fsp3) is 0.0714. The lowest BCUT2D eigenvalue weighted by atomic mass is 10.2. The molecule has 0 saturated carbocycles. The van der Waals surface area contributed by atoms with E-state index < -0.39 is 0 Å². The maximum atomic E-state index is 13.0. The van der Waals surface area contributed by atoms with Crippen LogP contribution in [-0.2, 0) is 0 Å². The molecule has 2 nitrogen and oxygen atoms in total. The van der Waals surface area contributed by atoms with Gasteiger partial charge in [0, 0.05) is 10.2 Å². The number of anilines is 2. The predicted octanol–water partition coefficient (Wildman–Crippen LogP) is 5.36. The second-order valence-electron chi connectivity index (χ2n) is 4.16. The van der Waals surface area contributed by atoms with Crippen molar-refractivity contribution in [3.63, 3.8) is 0 Å². The van der Waals surface area contributed by atoms with Crippen molar-refractivity contribution >= 4 is 56.2 Å². The third kappa shape index (κ3) is 3.91. The summed E-state index contributed by atoms with van der Waals surface area (Å²) in [5.74, 6) is -0.386. The molecule has 0 amide bonds. The molecule has 0 aliphatic rings. The van der Waals surface area contributed by atoms with E-state index in [0.29, 0.717) is 10.8 Å². The van der Waals surface area contributed by atoms with E-state index in [1.807, 2.05) is 25.1 Å². The molecular weight excluding hydrogens is 363 g/mol. The van der Waals surface area contributed by atoms with E-state index in [1.165, 1.54) is 12.1 Å². The van der Waals surface area contributed by atoms with Crippen LogP contribution >= 0.6 is 39.7 Å². The summed E-state index contributed by atoms with van der Waals surface area (Å²) >= 11 is 14.6. The van der Waals surface area contributed by atoms with Crippen LogP contribution in [0.5, 0.6) is 0 Å². The van der Waals surface area contributed by atoms with Gasteiger partial charge in [0.15, 0.2) is 5.11 Å². The van der Waals surface area contributed by atoms with E-state index >= 15 is 0 Å². The van der Waals surface area contributed by atoms with E-state index in [2.05, 4.69) is 26.6 Å². The molecule has 104 valence electrons. The lowest BCUT2D eigenvalue weighted by molar-refractivity contribution is 0.628. The standard InChI is InChI=1S/C14H11BrClFN2S/c1-8-6-9(15)2-4-12(8)18-14(20)19-13-5-3-10(17)7-11(13)16/h2-7H,1H3,(H2,18,19,20). The number of rotatable bonds is 2. The Labute approximate surface area is 135 Å². The minimum absolute atomic E-state index is 0.279. The molecule has 0 unspecified atom stereocenters. The Bertz CT molecular complexity index is 608. The largest absolute Gasteiger partial charge is 0.332 e. The number of thiocarbonyl (C=S) groups is 1. The van der Waals surface area contributed by atoms with Crippen LogP contribution in [-0.4, -0.2) is 5.11 Å². The zero-order chi connectivity index (χ0) is 14.7. The molecule has 2 aromatic rings. The monoisotopic (exact) mass is 372 g/mol. The highest BCUT2D eigenvalue weighted by atomic mass is 79.9. The zero-order valence-corrected chi connectivity index (χ0v) is 13.7. The molecular formula is C14H11BrClFN2S. The average Bonchev–Trinajstić information content (AvgIpc) is 2.36. The second kappa shape index (κ2) is 6.52. The van der Waals surface area contributed by atoms with Gasteiger partial charge in [0.05, 0.1) is 10.7 Å². The average molecular weight is 374 g/mol. The Hall–Kier alpha value is -1.17. The highest BCUT2D eigenvalue weighted by Gasteiger charge is 2.06. The molecule has 0 radical (unpaired) electrons. The van der Waals surface area contributed by atoms with Gasteiger partial charge in [0.1, 0.15) is 5.82 Å². The lowest BCUT2D eigenvalue weighted by Gasteiger charge is -2.13. The van der Waals surface area contributed by atoms with Crippen LogP contribution in [0.2, 0.25) is 5.02 Å². The van der Waals surface area contributed by atoms with Crippen LogP contribution in [0.15, 0.2) is 40.9 Å². The molecule has 0 aliphatic carbocycles. The molecule has 0 aromatic heterocycles. The summed E-state index contributed by atoms with van der Waals surface area (Å²) in [7, 11) is 0. The highest BCUT2D eigenvalue weighted by molar-refractivity contribution is 9.10. The predicted molar refractivity (Wildman–Crippen MR) is 90.1 cm³/mol. The van der Waals surface area contributed by atoms with Gasteiger partial charge in [0.25, 0.3) is 0 Å². The summed E-state index contributed by atoms with van der Waals surface area (Å²) in [5.41, 5.74) is 2.50. The summed E-state index contributed by atoms with van der Waals surface area (Å²) in [6.45, 7) is 1.97. The van der Waals surface area contributed by atoms with Crippen LogP contribution < -0.4 is 10.6 Å². The van der Waals surface area contributed by atoms with Crippen LogP contribution in [0, 0.1) is 12.7 Å². The Kier molecular flexibility index (Phi) is 4.96. The van der Waals surface area contributed by atoms with Crippen molar-refractivity contribution in [1.29, 1.82) is 0 Å². The molecule has 2 aromatic carbocycles. The Morgan fingerprint density at radius 3 is 2.45 bits per heavy atom. The van der Waals surface area contributed by atoms with Gasteiger partial charge in [-0.1, -0.05) is 27.5 Å². The number of halogens is 3. The number of hydrogen-bond donors (Lipinski definition) is 2. The van der Waals surface area contributed by atoms with Gasteiger partial charge in [-0.25, -0.2) is 4.39 Å². The lowest BCUT2D eigenvalue weighted by Crippen LogP contribution is -2.19. The van der Waals surface area contributed by atoms with Gasteiger partial charge in [-0.15, -0.1) is 0 Å². The molecule has 6 heteroatoms. The quantitative estimate of drug-likeness (QED) is 0.693. The van der Waals surface area contributed by atoms with Crippen molar-refractivity contribution in [2.24, 2.45) is 0 Å². The molecule has 0 heterocycles. The molecule has 2 rings (SSSR count). The normalized spacial score (nSPS) is 10.2. The van der Waals surface area contributed by atoms with Gasteiger partial charge in [0.2, 0.25) is 0 Å². The van der Waals surface area contributed by atoms with E-state index in [1.54, 1.807) is 6.07 Å². The molecule has 0 spiro atoms. The van der Waals surface area contributed by atoms with Crippen LogP contribution in [0.3, 0.4) is 0 Å². The summed E-state index contributed by atoms with van der Waals surface area (Å²) in [4.78, 5) is 0. The van der Waals surface area contributed by atoms with Crippen molar-refractivity contribution in [3.05, 3.63) is 57.3 Å². The Morgan fingerprint density at radius 2 is 1.80 bits per heavy atom. The first-order chi connectivity index (χ1) is 9.45. The third-order valence-corrected chi connectivity index (χ3v) is 3.63. The molecule has 20 heavy (non-hydrogen) atoms. The van der Waals surface area contributed by atoms with Crippen LogP contribution in [0.4, 0.5) is 15.8 Å². The number of aryl methyl sites for hydroxylation is 1. The SMILES string of the molecule is Cc1cc(Br)ccc1NC(=S)Nc1ccc(F)cc1Cl. The summed E-state index contributed by atoms with van der Waals surface area (Å²) in [5, 5.41) is 6.68. The number of benzene rings is 2. The minimum Gasteiger partial charge on any atom is -0.332 e. The Morgan fingerprint density at radius 1 is 1.15 bits per heavy atom. The van der Waals surface area contributed by atoms with Gasteiger partial charge < -0.3 is 10.6 Å². The summed E-state index contributed by atoms with van der Waals surface area (Å²) < 4.78 is 14.0. The molecule has 0 aliphatic heterocycles. The maximum Gasteiger partial charge on any atom is 0.175 e. The highest BCUT2D eigenvalue weighted by Crippen LogP contribution is 2.24. The van der Waals surface area contributed by atoms with Crippen molar-refractivity contribution in [3.8, 4) is 0 Å². The van der Waals surface area contributed by atoms with Crippen LogP contribution in [0.1, 0.15) is 5.56 Å². The van der Waals surface area contributed by atoms with E-state index in [0.717, 1.165) is 15.7 Å². The summed E-state index contributed by atoms with van der Waals surface area (Å²) in [6, 6.07) is 9.91. The van der Waals surface area contributed by atoms with E-state index in [-0.39, 0.29) is 10.8 Å². The van der Waals surface area contributed by atoms with Crippen LogP contribution in [0.25, 0.3) is 0 Å². The van der Waals surface area contributed by atoms with Crippen molar-refractivity contribution < 1.29 is 4.39 Å². The molecule has 0 fully saturated rings. The fourth-order valence-corrected chi connectivity index (χ4v) is 2.54. The molecule has 2 N–H and O–H groups in total. The number of hydrogen-bond acceptors (Lipinski definition) is 1. The Balaban J connectivity index is 2.09. The fourth-order valence-electron chi connectivity index (χ4n) is 1.63. The minimum atomic E-state index is -0.386. The van der Waals surface area contributed by atoms with Gasteiger partial charge >= 0.3 is 0 Å². The first kappa shape index (κ1) is 15.2. The number of nitrogens with one attached hydrogen (secondary N) is 2. The first-order valence-corrected chi connectivity index (χ1v) is 7.33. The van der Waals surface area contributed by atoms with Crippen molar-refractivity contribution in [2.75, 3.05) is 10.6 Å². The second-order valence-corrected chi connectivity index (χ2v) is 5.89. The molecule has 0 atom stereocenters. The smallest absolute Gasteiger partial charge is 0.175 e. The van der Waals surface area contributed by atoms with Gasteiger partial charge in [-0.2, -0.15) is 0 Å². The molecule has 0 bridgehead atoms. The topological polar surface area (TPSA) is 24.1 Å².